The van der Waals surface area contributed by atoms with Gasteiger partial charge in [-0.05, 0) is 50.1 Å². The van der Waals surface area contributed by atoms with Crippen LogP contribution in [0.15, 0.2) is 18.2 Å². The van der Waals surface area contributed by atoms with E-state index in [0.29, 0.717) is 16.9 Å². The number of carbonyl (C=O) groups excluding carboxylic acids is 2. The highest BCUT2D eigenvalue weighted by Crippen LogP contribution is 2.20. The maximum atomic E-state index is 11.0. The second kappa shape index (κ2) is 4.70. The molecule has 1 aromatic carbocycles. The maximum Gasteiger partial charge on any atom is 0.228 e. The summed E-state index contributed by atoms with van der Waals surface area (Å²) >= 11 is 5.62. The SMILES string of the molecule is COc1cc(C(=O)Br)cc(C(=O)Br)c1. The summed E-state index contributed by atoms with van der Waals surface area (Å²) in [5.41, 5.74) is 0.763. The molecule has 0 atom stereocenters. The Morgan fingerprint density at radius 2 is 1.50 bits per heavy atom. The fourth-order valence-corrected chi connectivity index (χ4v) is 1.40. The summed E-state index contributed by atoms with van der Waals surface area (Å²) < 4.78 is 4.38. The Kier molecular flexibility index (Phi) is 3.83. The van der Waals surface area contributed by atoms with Crippen molar-refractivity contribution in [3.05, 3.63) is 29.3 Å². The monoisotopic (exact) mass is 320 g/mol. The van der Waals surface area contributed by atoms with Gasteiger partial charge in [0.05, 0.1) is 7.11 Å². The van der Waals surface area contributed by atoms with E-state index in [2.05, 4.69) is 31.9 Å². The van der Waals surface area contributed by atoms with Gasteiger partial charge in [0.25, 0.3) is 0 Å². The van der Waals surface area contributed by atoms with Gasteiger partial charge in [0, 0.05) is 11.1 Å². The van der Waals surface area contributed by atoms with E-state index < -0.39 is 0 Å². The highest BCUT2D eigenvalue weighted by atomic mass is 79.9. The van der Waals surface area contributed by atoms with Gasteiger partial charge in [-0.3, -0.25) is 9.59 Å². The van der Waals surface area contributed by atoms with Crippen molar-refractivity contribution in [1.29, 1.82) is 0 Å². The Hall–Kier alpha value is -0.680. The van der Waals surface area contributed by atoms with Crippen LogP contribution in [0, 0.1) is 0 Å². The summed E-state index contributed by atoms with van der Waals surface area (Å²) in [7, 11) is 1.47. The molecule has 0 aliphatic rings. The van der Waals surface area contributed by atoms with Gasteiger partial charge in [0.1, 0.15) is 5.75 Å². The number of methoxy groups -OCH3 is 1. The van der Waals surface area contributed by atoms with E-state index in [9.17, 15) is 9.59 Å². The first-order chi connectivity index (χ1) is 6.54. The van der Waals surface area contributed by atoms with E-state index in [-0.39, 0.29) is 9.39 Å². The average molecular weight is 322 g/mol. The lowest BCUT2D eigenvalue weighted by Gasteiger charge is -2.03. The molecule has 0 aliphatic heterocycles. The molecule has 1 aromatic rings. The van der Waals surface area contributed by atoms with Crippen molar-refractivity contribution in [1.82, 2.24) is 0 Å². The largest absolute Gasteiger partial charge is 0.497 e. The molecule has 5 heteroatoms. The predicted molar refractivity (Wildman–Crippen MR) is 59.5 cm³/mol. The first kappa shape index (κ1) is 11.4. The molecule has 1 rings (SSSR count). The zero-order chi connectivity index (χ0) is 10.7. The van der Waals surface area contributed by atoms with E-state index in [4.69, 9.17) is 4.74 Å². The van der Waals surface area contributed by atoms with E-state index in [1.807, 2.05) is 0 Å². The molecule has 0 bridgehead atoms. The third kappa shape index (κ3) is 2.65. The van der Waals surface area contributed by atoms with E-state index in [1.165, 1.54) is 13.2 Å². The summed E-state index contributed by atoms with van der Waals surface area (Å²) in [6.07, 6.45) is 0. The van der Waals surface area contributed by atoms with Crippen molar-refractivity contribution in [2.24, 2.45) is 0 Å². The topological polar surface area (TPSA) is 43.4 Å². The van der Waals surface area contributed by atoms with Crippen molar-refractivity contribution in [2.45, 2.75) is 0 Å². The molecule has 0 saturated carbocycles. The fourth-order valence-electron chi connectivity index (χ4n) is 0.944. The summed E-state index contributed by atoms with van der Waals surface area (Å²) in [4.78, 5) is 22.0. The number of benzene rings is 1. The average Bonchev–Trinajstić information content (AvgIpc) is 2.16. The smallest absolute Gasteiger partial charge is 0.228 e. The van der Waals surface area contributed by atoms with Crippen LogP contribution in [0.2, 0.25) is 0 Å². The Morgan fingerprint density at radius 3 is 1.79 bits per heavy atom. The predicted octanol–water partition coefficient (Wildman–Crippen LogP) is 2.77. The van der Waals surface area contributed by atoms with Gasteiger partial charge in [-0.25, -0.2) is 0 Å². The van der Waals surface area contributed by atoms with Crippen LogP contribution in [-0.4, -0.2) is 16.5 Å². The minimum Gasteiger partial charge on any atom is -0.497 e. The molecule has 0 heterocycles. The molecule has 0 radical (unpaired) electrons. The van der Waals surface area contributed by atoms with Crippen molar-refractivity contribution in [3.8, 4) is 5.75 Å². The molecule has 3 nitrogen and oxygen atoms in total. The van der Waals surface area contributed by atoms with Gasteiger partial charge < -0.3 is 4.74 Å². The second-order valence-electron chi connectivity index (χ2n) is 2.50. The molecular formula is C9H6Br2O3. The summed E-state index contributed by atoms with van der Waals surface area (Å²) in [5.74, 6) is 0.470. The number of carbonyl (C=O) groups is 2. The van der Waals surface area contributed by atoms with Crippen LogP contribution in [0.5, 0.6) is 5.75 Å². The van der Waals surface area contributed by atoms with Crippen LogP contribution in [-0.2, 0) is 0 Å². The van der Waals surface area contributed by atoms with Crippen molar-refractivity contribution in [2.75, 3.05) is 7.11 Å². The minimum absolute atomic E-state index is 0.286. The third-order valence-electron chi connectivity index (χ3n) is 1.60. The van der Waals surface area contributed by atoms with Gasteiger partial charge >= 0.3 is 0 Å². The number of halogens is 2. The molecule has 0 aliphatic carbocycles. The molecule has 0 amide bonds. The third-order valence-corrected chi connectivity index (χ3v) is 2.51. The molecule has 74 valence electrons. The second-order valence-corrected chi connectivity index (χ2v) is 3.94. The zero-order valence-electron chi connectivity index (χ0n) is 7.21. The summed E-state index contributed by atoms with van der Waals surface area (Å²) in [6.45, 7) is 0. The lowest BCUT2D eigenvalue weighted by atomic mass is 10.1. The van der Waals surface area contributed by atoms with Gasteiger partial charge in [0.15, 0.2) is 0 Å². The quantitative estimate of drug-likeness (QED) is 0.804. The molecule has 0 unspecified atom stereocenters. The van der Waals surface area contributed by atoms with E-state index >= 15 is 0 Å². The summed E-state index contributed by atoms with van der Waals surface area (Å²) in [6, 6.07) is 4.59. The van der Waals surface area contributed by atoms with Gasteiger partial charge in [-0.1, -0.05) is 0 Å². The lowest BCUT2D eigenvalue weighted by molar-refractivity contribution is 0.109. The van der Waals surface area contributed by atoms with Crippen LogP contribution in [0.1, 0.15) is 20.7 Å². The Balaban J connectivity index is 3.27. The number of hydrogen-bond donors (Lipinski definition) is 0. The molecular weight excluding hydrogens is 316 g/mol. The van der Waals surface area contributed by atoms with Crippen LogP contribution < -0.4 is 4.74 Å². The first-order valence-electron chi connectivity index (χ1n) is 3.63. The molecule has 14 heavy (non-hydrogen) atoms. The van der Waals surface area contributed by atoms with Crippen LogP contribution in [0.25, 0.3) is 0 Å². The zero-order valence-corrected chi connectivity index (χ0v) is 10.4. The highest BCUT2D eigenvalue weighted by Gasteiger charge is 2.09. The van der Waals surface area contributed by atoms with Crippen LogP contribution in [0.3, 0.4) is 0 Å². The van der Waals surface area contributed by atoms with Gasteiger partial charge in [-0.15, -0.1) is 0 Å². The molecule has 0 N–H and O–H groups in total. The first-order valence-corrected chi connectivity index (χ1v) is 5.22. The lowest BCUT2D eigenvalue weighted by Crippen LogP contribution is -1.96. The highest BCUT2D eigenvalue weighted by molar-refractivity contribution is 9.18. The molecule has 0 spiro atoms. The maximum absolute atomic E-state index is 11.0. The Labute approximate surface area is 97.7 Å². The molecule has 0 saturated heterocycles. The summed E-state index contributed by atoms with van der Waals surface area (Å²) in [5, 5.41) is 0. The van der Waals surface area contributed by atoms with Gasteiger partial charge in [0.2, 0.25) is 9.39 Å². The Morgan fingerprint density at radius 1 is 1.07 bits per heavy atom. The van der Waals surface area contributed by atoms with Gasteiger partial charge in [-0.2, -0.15) is 0 Å². The van der Waals surface area contributed by atoms with E-state index in [0.717, 1.165) is 0 Å². The van der Waals surface area contributed by atoms with E-state index in [1.54, 1.807) is 12.1 Å². The molecule has 0 aromatic heterocycles. The molecule has 0 fully saturated rings. The normalized spacial score (nSPS) is 9.64. The fraction of sp³-hybridized carbons (Fsp3) is 0.111. The number of rotatable bonds is 3. The minimum atomic E-state index is -0.286. The number of hydrogen-bond acceptors (Lipinski definition) is 3. The van der Waals surface area contributed by atoms with Crippen molar-refractivity contribution >= 4 is 41.2 Å². The van der Waals surface area contributed by atoms with Crippen LogP contribution >= 0.6 is 31.9 Å². The standard InChI is InChI=1S/C9H6Br2O3/c1-14-7-3-5(8(10)12)2-6(4-7)9(11)13/h2-4H,1H3. The van der Waals surface area contributed by atoms with Crippen molar-refractivity contribution < 1.29 is 14.3 Å². The number of ether oxygens (including phenoxy) is 1. The Bertz CT molecular complexity index is 355. The van der Waals surface area contributed by atoms with Crippen molar-refractivity contribution in [3.63, 3.8) is 0 Å². The van der Waals surface area contributed by atoms with Crippen LogP contribution in [0.4, 0.5) is 0 Å².